The van der Waals surface area contributed by atoms with Gasteiger partial charge in [0.1, 0.15) is 0 Å². The van der Waals surface area contributed by atoms with Gasteiger partial charge in [-0.2, -0.15) is 0 Å². The molecule has 6 heteroatoms. The molecule has 0 spiro atoms. The van der Waals surface area contributed by atoms with Gasteiger partial charge in [-0.05, 0) is 49.2 Å². The lowest BCUT2D eigenvalue weighted by molar-refractivity contribution is -0.119. The van der Waals surface area contributed by atoms with Crippen LogP contribution in [0.1, 0.15) is 57.9 Å². The van der Waals surface area contributed by atoms with Crippen molar-refractivity contribution < 1.29 is 4.79 Å². The molecule has 0 bridgehead atoms. The van der Waals surface area contributed by atoms with E-state index in [0.29, 0.717) is 11.5 Å². The van der Waals surface area contributed by atoms with Crippen LogP contribution in [0.25, 0.3) is 10.2 Å². The van der Waals surface area contributed by atoms with Crippen molar-refractivity contribution in [1.29, 1.82) is 0 Å². The molecule has 0 aliphatic rings. The number of carbonyl (C=O) groups excluding carboxylic acids is 1. The van der Waals surface area contributed by atoms with Crippen molar-refractivity contribution in [2.75, 3.05) is 5.32 Å². The van der Waals surface area contributed by atoms with Gasteiger partial charge in [0.2, 0.25) is 5.91 Å². The predicted octanol–water partition coefficient (Wildman–Crippen LogP) is 5.03. The summed E-state index contributed by atoms with van der Waals surface area (Å²) in [5.74, 6) is -0.0380. The number of anilines is 1. The summed E-state index contributed by atoms with van der Waals surface area (Å²) in [7, 11) is 0. The molecular weight excluding hydrogens is 338 g/mol. The van der Waals surface area contributed by atoms with E-state index in [0.717, 1.165) is 41.0 Å². The first-order valence-electron chi connectivity index (χ1n) is 8.62. The number of amides is 1. The number of benzene rings is 1. The normalized spacial score (nSPS) is 10.8. The SMILES string of the molecule is CCCCCC(=O)NC(=S)Nc1nc2ccc(CCCC)cc2s1. The minimum absolute atomic E-state index is 0.0380. The second kappa shape index (κ2) is 9.69. The van der Waals surface area contributed by atoms with Gasteiger partial charge in [0.15, 0.2) is 10.2 Å². The van der Waals surface area contributed by atoms with Crippen LogP contribution >= 0.6 is 23.6 Å². The Bertz CT molecular complexity index is 697. The van der Waals surface area contributed by atoms with Crippen LogP contribution < -0.4 is 10.6 Å². The van der Waals surface area contributed by atoms with Crippen molar-refractivity contribution in [3.8, 4) is 0 Å². The average Bonchev–Trinajstić information content (AvgIpc) is 2.94. The summed E-state index contributed by atoms with van der Waals surface area (Å²) < 4.78 is 1.14. The van der Waals surface area contributed by atoms with Gasteiger partial charge in [-0.15, -0.1) is 0 Å². The number of hydrogen-bond donors (Lipinski definition) is 2. The van der Waals surface area contributed by atoms with Crippen LogP contribution in [0, 0.1) is 0 Å². The van der Waals surface area contributed by atoms with Crippen LogP contribution in [0.3, 0.4) is 0 Å². The van der Waals surface area contributed by atoms with Crippen LogP contribution in [-0.4, -0.2) is 16.0 Å². The third kappa shape index (κ3) is 5.83. The second-order valence-electron chi connectivity index (χ2n) is 5.88. The summed E-state index contributed by atoms with van der Waals surface area (Å²) >= 11 is 6.76. The number of carbonyl (C=O) groups is 1. The highest BCUT2D eigenvalue weighted by molar-refractivity contribution is 7.80. The van der Waals surface area contributed by atoms with Crippen LogP contribution in [0.4, 0.5) is 5.13 Å². The Labute approximate surface area is 153 Å². The summed E-state index contributed by atoms with van der Waals surface area (Å²) in [5.41, 5.74) is 2.30. The van der Waals surface area contributed by atoms with Crippen LogP contribution in [-0.2, 0) is 11.2 Å². The maximum atomic E-state index is 11.8. The van der Waals surface area contributed by atoms with E-state index in [2.05, 4.69) is 41.6 Å². The summed E-state index contributed by atoms with van der Waals surface area (Å²) in [6, 6.07) is 6.38. The molecule has 0 saturated heterocycles. The van der Waals surface area contributed by atoms with Crippen LogP contribution in [0.5, 0.6) is 0 Å². The highest BCUT2D eigenvalue weighted by Gasteiger charge is 2.08. The maximum Gasteiger partial charge on any atom is 0.226 e. The fraction of sp³-hybridized carbons (Fsp3) is 0.500. The van der Waals surface area contributed by atoms with Crippen molar-refractivity contribution >= 4 is 49.9 Å². The molecular formula is C18H25N3OS2. The number of nitrogens with one attached hydrogen (secondary N) is 2. The standard InChI is InChI=1S/C18H25N3OS2/c1-3-5-7-9-16(22)20-17(23)21-18-19-14-11-10-13(8-6-4-2)12-15(14)24-18/h10-12H,3-9H2,1-2H3,(H2,19,20,21,22,23). The summed E-state index contributed by atoms with van der Waals surface area (Å²) in [6.07, 6.45) is 7.05. The monoisotopic (exact) mass is 363 g/mol. The summed E-state index contributed by atoms with van der Waals surface area (Å²) in [6.45, 7) is 4.32. The highest BCUT2D eigenvalue weighted by atomic mass is 32.1. The number of fused-ring (bicyclic) bond motifs is 1. The van der Waals surface area contributed by atoms with Crippen molar-refractivity contribution in [1.82, 2.24) is 10.3 Å². The quantitative estimate of drug-likeness (QED) is 0.510. The van der Waals surface area contributed by atoms with Crippen molar-refractivity contribution in [2.45, 2.75) is 58.8 Å². The zero-order valence-electron chi connectivity index (χ0n) is 14.4. The Hall–Kier alpha value is -1.53. The van der Waals surface area contributed by atoms with E-state index < -0.39 is 0 Å². The van der Waals surface area contributed by atoms with Crippen LogP contribution in [0.2, 0.25) is 0 Å². The third-order valence-electron chi connectivity index (χ3n) is 3.75. The zero-order chi connectivity index (χ0) is 17.4. The molecule has 0 saturated carbocycles. The average molecular weight is 364 g/mol. The summed E-state index contributed by atoms with van der Waals surface area (Å²) in [4.78, 5) is 16.3. The van der Waals surface area contributed by atoms with Gasteiger partial charge in [-0.25, -0.2) is 4.98 Å². The molecule has 0 aliphatic heterocycles. The Kier molecular flexibility index (Phi) is 7.59. The molecule has 4 nitrogen and oxygen atoms in total. The smallest absolute Gasteiger partial charge is 0.226 e. The fourth-order valence-corrected chi connectivity index (χ4v) is 3.62. The third-order valence-corrected chi connectivity index (χ3v) is 4.89. The van der Waals surface area contributed by atoms with E-state index in [9.17, 15) is 4.79 Å². The molecule has 1 heterocycles. The molecule has 2 N–H and O–H groups in total. The molecule has 24 heavy (non-hydrogen) atoms. The van der Waals surface area contributed by atoms with Crippen molar-refractivity contribution in [2.24, 2.45) is 0 Å². The molecule has 0 aliphatic carbocycles. The number of thiocarbonyl (C=S) groups is 1. The van der Waals surface area contributed by atoms with Gasteiger partial charge < -0.3 is 10.6 Å². The number of thiazole rings is 1. The topological polar surface area (TPSA) is 54.0 Å². The number of rotatable bonds is 8. The van der Waals surface area contributed by atoms with E-state index in [1.165, 1.54) is 18.4 Å². The Morgan fingerprint density at radius 1 is 1.21 bits per heavy atom. The van der Waals surface area contributed by atoms with E-state index in [1.54, 1.807) is 11.3 Å². The highest BCUT2D eigenvalue weighted by Crippen LogP contribution is 2.27. The lowest BCUT2D eigenvalue weighted by atomic mass is 10.1. The number of aryl methyl sites for hydroxylation is 1. The van der Waals surface area contributed by atoms with Gasteiger partial charge in [-0.3, -0.25) is 4.79 Å². The molecule has 2 aromatic rings. The van der Waals surface area contributed by atoms with Crippen LogP contribution in [0.15, 0.2) is 18.2 Å². The number of hydrogen-bond acceptors (Lipinski definition) is 4. The van der Waals surface area contributed by atoms with Gasteiger partial charge in [0.05, 0.1) is 10.2 Å². The molecule has 0 radical (unpaired) electrons. The molecule has 130 valence electrons. The lowest BCUT2D eigenvalue weighted by Gasteiger charge is -2.06. The molecule has 1 aromatic carbocycles. The van der Waals surface area contributed by atoms with Crippen molar-refractivity contribution in [3.63, 3.8) is 0 Å². The van der Waals surface area contributed by atoms with E-state index in [1.807, 2.05) is 6.07 Å². The van der Waals surface area contributed by atoms with E-state index >= 15 is 0 Å². The Morgan fingerprint density at radius 3 is 2.75 bits per heavy atom. The zero-order valence-corrected chi connectivity index (χ0v) is 16.0. The Balaban J connectivity index is 1.92. The van der Waals surface area contributed by atoms with Gasteiger partial charge >= 0.3 is 0 Å². The second-order valence-corrected chi connectivity index (χ2v) is 7.32. The molecule has 0 fully saturated rings. The molecule has 1 amide bonds. The van der Waals surface area contributed by atoms with Gasteiger partial charge in [0.25, 0.3) is 0 Å². The lowest BCUT2D eigenvalue weighted by Crippen LogP contribution is -2.33. The van der Waals surface area contributed by atoms with Crippen molar-refractivity contribution in [3.05, 3.63) is 23.8 Å². The van der Waals surface area contributed by atoms with E-state index in [4.69, 9.17) is 12.2 Å². The predicted molar refractivity (Wildman–Crippen MR) is 107 cm³/mol. The molecule has 0 unspecified atom stereocenters. The van der Waals surface area contributed by atoms with Gasteiger partial charge in [-0.1, -0.05) is 50.5 Å². The van der Waals surface area contributed by atoms with E-state index in [-0.39, 0.29) is 5.91 Å². The minimum atomic E-state index is -0.0380. The molecule has 2 rings (SSSR count). The fourth-order valence-electron chi connectivity index (χ4n) is 2.41. The summed E-state index contributed by atoms with van der Waals surface area (Å²) in [5, 5.41) is 6.78. The number of nitrogens with zero attached hydrogens (tertiary/aromatic N) is 1. The first-order chi connectivity index (χ1) is 11.6. The first-order valence-corrected chi connectivity index (χ1v) is 9.85. The Morgan fingerprint density at radius 2 is 2.00 bits per heavy atom. The minimum Gasteiger partial charge on any atom is -0.308 e. The molecule has 0 atom stereocenters. The van der Waals surface area contributed by atoms with Gasteiger partial charge in [0, 0.05) is 6.42 Å². The maximum absolute atomic E-state index is 11.8. The number of aromatic nitrogens is 1. The number of unbranched alkanes of at least 4 members (excludes halogenated alkanes) is 3. The first kappa shape index (κ1) is 18.8. The largest absolute Gasteiger partial charge is 0.308 e. The molecule has 1 aromatic heterocycles.